The Morgan fingerprint density at radius 1 is 1.00 bits per heavy atom. The molecule has 1 amide bonds. The maximum absolute atomic E-state index is 13.1. The molecular formula is C22H23NO4. The normalized spacial score (nSPS) is 13.4. The number of Topliss-reactive ketones (excluding diaryl/α,β-unsaturated/α-hetero) is 1. The highest BCUT2D eigenvalue weighted by Crippen LogP contribution is 2.44. The summed E-state index contributed by atoms with van der Waals surface area (Å²) >= 11 is 0. The maximum atomic E-state index is 13.1. The van der Waals surface area contributed by atoms with E-state index in [1.54, 1.807) is 6.92 Å². The molecule has 0 aromatic heterocycles. The Bertz CT molecular complexity index is 829. The van der Waals surface area contributed by atoms with Crippen molar-refractivity contribution >= 4 is 17.7 Å². The van der Waals surface area contributed by atoms with Gasteiger partial charge < -0.3 is 10.1 Å². The number of amides is 1. The molecule has 5 nitrogen and oxygen atoms in total. The molecule has 1 atom stereocenters. The van der Waals surface area contributed by atoms with Crippen molar-refractivity contribution in [3.05, 3.63) is 59.7 Å². The first-order valence-corrected chi connectivity index (χ1v) is 9.15. The molecule has 140 valence electrons. The van der Waals surface area contributed by atoms with Gasteiger partial charge in [-0.15, -0.1) is 0 Å². The van der Waals surface area contributed by atoms with Crippen LogP contribution < -0.4 is 5.32 Å². The highest BCUT2D eigenvalue weighted by molar-refractivity contribution is 5.98. The zero-order chi connectivity index (χ0) is 19.4. The molecule has 0 heterocycles. The van der Waals surface area contributed by atoms with E-state index in [4.69, 9.17) is 4.74 Å². The lowest BCUT2D eigenvalue weighted by Crippen LogP contribution is -2.43. The van der Waals surface area contributed by atoms with Gasteiger partial charge in [0.1, 0.15) is 11.8 Å². The van der Waals surface area contributed by atoms with E-state index in [2.05, 4.69) is 5.32 Å². The van der Waals surface area contributed by atoms with Crippen LogP contribution >= 0.6 is 0 Å². The molecule has 0 saturated heterocycles. The first kappa shape index (κ1) is 18.8. The predicted molar refractivity (Wildman–Crippen MR) is 102 cm³/mol. The quantitative estimate of drug-likeness (QED) is 0.765. The number of esters is 1. The number of carbonyl (C=O) groups is 3. The molecule has 1 aliphatic carbocycles. The summed E-state index contributed by atoms with van der Waals surface area (Å²) in [4.78, 5) is 36.8. The molecule has 5 heteroatoms. The molecule has 0 saturated carbocycles. The van der Waals surface area contributed by atoms with Gasteiger partial charge in [-0.3, -0.25) is 9.59 Å². The Labute approximate surface area is 158 Å². The molecule has 2 aromatic carbocycles. The third-order valence-corrected chi connectivity index (χ3v) is 5.00. The van der Waals surface area contributed by atoms with Crippen LogP contribution in [0.5, 0.6) is 0 Å². The maximum Gasteiger partial charge on any atom is 0.328 e. The molecule has 0 spiro atoms. The lowest BCUT2D eigenvalue weighted by Gasteiger charge is -2.20. The second-order valence-corrected chi connectivity index (χ2v) is 6.62. The summed E-state index contributed by atoms with van der Waals surface area (Å²) in [5.74, 6) is -1.22. The van der Waals surface area contributed by atoms with Gasteiger partial charge in [0.05, 0.1) is 13.0 Å². The van der Waals surface area contributed by atoms with Crippen LogP contribution in [-0.4, -0.2) is 30.8 Å². The SMILES string of the molecule is CCC(=O)CC[C@H](NC(=O)C1c2ccccc2-c2ccccc21)C(=O)OC. The standard InChI is InChI=1S/C22H23NO4/c1-3-14(24)12-13-19(22(26)27-2)23-21(25)20-17-10-6-4-8-15(17)16-9-5-7-11-18(16)20/h4-11,19-20H,3,12-13H2,1-2H3,(H,23,25)/t19-/m0/s1. The summed E-state index contributed by atoms with van der Waals surface area (Å²) in [6.07, 6.45) is 0.876. The van der Waals surface area contributed by atoms with Gasteiger partial charge in [-0.2, -0.15) is 0 Å². The summed E-state index contributed by atoms with van der Waals surface area (Å²) in [5, 5.41) is 2.81. The van der Waals surface area contributed by atoms with Crippen molar-refractivity contribution in [3.63, 3.8) is 0 Å². The lowest BCUT2D eigenvalue weighted by molar-refractivity contribution is -0.145. The van der Waals surface area contributed by atoms with Crippen LogP contribution in [0.4, 0.5) is 0 Å². The number of nitrogens with one attached hydrogen (secondary N) is 1. The highest BCUT2D eigenvalue weighted by Gasteiger charge is 2.35. The van der Waals surface area contributed by atoms with Gasteiger partial charge in [0.25, 0.3) is 0 Å². The number of ketones is 1. The van der Waals surface area contributed by atoms with E-state index < -0.39 is 17.9 Å². The Balaban J connectivity index is 1.86. The Hall–Kier alpha value is -2.95. The van der Waals surface area contributed by atoms with E-state index in [-0.39, 0.29) is 24.5 Å². The Morgan fingerprint density at radius 3 is 2.07 bits per heavy atom. The third-order valence-electron chi connectivity index (χ3n) is 5.00. The monoisotopic (exact) mass is 365 g/mol. The number of carbonyl (C=O) groups excluding carboxylic acids is 3. The third kappa shape index (κ3) is 3.77. The summed E-state index contributed by atoms with van der Waals surface area (Å²) < 4.78 is 4.82. The van der Waals surface area contributed by atoms with Crippen LogP contribution in [0.25, 0.3) is 11.1 Å². The van der Waals surface area contributed by atoms with Crippen LogP contribution in [0.15, 0.2) is 48.5 Å². The molecule has 0 fully saturated rings. The molecule has 3 rings (SSSR count). The Morgan fingerprint density at radius 2 is 1.56 bits per heavy atom. The van der Waals surface area contributed by atoms with Gasteiger partial charge in [0.2, 0.25) is 5.91 Å². The fraction of sp³-hybridized carbons (Fsp3) is 0.318. The van der Waals surface area contributed by atoms with Crippen LogP contribution in [0, 0.1) is 0 Å². The van der Waals surface area contributed by atoms with Crippen molar-refractivity contribution in [2.45, 2.75) is 38.1 Å². The topological polar surface area (TPSA) is 72.5 Å². The van der Waals surface area contributed by atoms with Gasteiger partial charge in [0.15, 0.2) is 0 Å². The largest absolute Gasteiger partial charge is 0.467 e. The fourth-order valence-corrected chi connectivity index (χ4v) is 3.57. The van der Waals surface area contributed by atoms with E-state index in [1.165, 1.54) is 7.11 Å². The van der Waals surface area contributed by atoms with Crippen molar-refractivity contribution in [2.75, 3.05) is 7.11 Å². The van der Waals surface area contributed by atoms with Gasteiger partial charge in [-0.05, 0) is 28.7 Å². The van der Waals surface area contributed by atoms with Crippen molar-refractivity contribution in [3.8, 4) is 11.1 Å². The zero-order valence-electron chi connectivity index (χ0n) is 15.5. The minimum atomic E-state index is -0.835. The second kappa shape index (κ2) is 8.16. The minimum Gasteiger partial charge on any atom is -0.467 e. The molecule has 1 N–H and O–H groups in total. The summed E-state index contributed by atoms with van der Waals surface area (Å²) in [6, 6.07) is 14.7. The van der Waals surface area contributed by atoms with E-state index in [9.17, 15) is 14.4 Å². The molecule has 0 aliphatic heterocycles. The van der Waals surface area contributed by atoms with E-state index >= 15 is 0 Å². The molecule has 0 bridgehead atoms. The average molecular weight is 365 g/mol. The smallest absolute Gasteiger partial charge is 0.328 e. The summed E-state index contributed by atoms with van der Waals surface area (Å²) in [7, 11) is 1.28. The molecule has 1 aliphatic rings. The number of fused-ring (bicyclic) bond motifs is 3. The molecule has 0 radical (unpaired) electrons. The van der Waals surface area contributed by atoms with Crippen molar-refractivity contribution in [1.29, 1.82) is 0 Å². The van der Waals surface area contributed by atoms with Crippen molar-refractivity contribution in [2.24, 2.45) is 0 Å². The van der Waals surface area contributed by atoms with Gasteiger partial charge in [0, 0.05) is 12.8 Å². The number of hydrogen-bond acceptors (Lipinski definition) is 4. The van der Waals surface area contributed by atoms with E-state index in [1.807, 2.05) is 48.5 Å². The molecule has 27 heavy (non-hydrogen) atoms. The van der Waals surface area contributed by atoms with Crippen LogP contribution in [0.3, 0.4) is 0 Å². The zero-order valence-corrected chi connectivity index (χ0v) is 15.5. The fourth-order valence-electron chi connectivity index (χ4n) is 3.57. The van der Waals surface area contributed by atoms with Crippen molar-refractivity contribution < 1.29 is 19.1 Å². The first-order valence-electron chi connectivity index (χ1n) is 9.15. The highest BCUT2D eigenvalue weighted by atomic mass is 16.5. The first-order chi connectivity index (χ1) is 13.1. The average Bonchev–Trinajstić information content (AvgIpc) is 3.04. The number of methoxy groups -OCH3 is 1. The summed E-state index contributed by atoms with van der Waals surface area (Å²) in [6.45, 7) is 1.78. The van der Waals surface area contributed by atoms with Gasteiger partial charge >= 0.3 is 5.97 Å². The molecular weight excluding hydrogens is 342 g/mol. The Kier molecular flexibility index (Phi) is 5.69. The second-order valence-electron chi connectivity index (χ2n) is 6.62. The van der Waals surface area contributed by atoms with Crippen LogP contribution in [0.1, 0.15) is 43.2 Å². The predicted octanol–water partition coefficient (Wildman–Crippen LogP) is 3.22. The van der Waals surface area contributed by atoms with Gasteiger partial charge in [-0.1, -0.05) is 55.5 Å². The van der Waals surface area contributed by atoms with Crippen LogP contribution in [0.2, 0.25) is 0 Å². The molecule has 2 aromatic rings. The number of ether oxygens (including phenoxy) is 1. The van der Waals surface area contributed by atoms with E-state index in [0.717, 1.165) is 22.3 Å². The number of rotatable bonds is 7. The van der Waals surface area contributed by atoms with E-state index in [0.29, 0.717) is 6.42 Å². The number of hydrogen-bond donors (Lipinski definition) is 1. The lowest BCUT2D eigenvalue weighted by atomic mass is 9.95. The number of benzene rings is 2. The summed E-state index contributed by atoms with van der Waals surface area (Å²) in [5.41, 5.74) is 3.90. The van der Waals surface area contributed by atoms with Crippen LogP contribution in [-0.2, 0) is 19.1 Å². The van der Waals surface area contributed by atoms with Crippen molar-refractivity contribution in [1.82, 2.24) is 5.32 Å². The molecule has 0 unspecified atom stereocenters. The van der Waals surface area contributed by atoms with Gasteiger partial charge in [-0.25, -0.2) is 4.79 Å². The minimum absolute atomic E-state index is 0.0507.